The third-order valence-corrected chi connectivity index (χ3v) is 5.79. The van der Waals surface area contributed by atoms with E-state index < -0.39 is 23.6 Å². The molecule has 36 heavy (non-hydrogen) atoms. The summed E-state index contributed by atoms with van der Waals surface area (Å²) in [5, 5.41) is 3.15. The van der Waals surface area contributed by atoms with E-state index in [-0.39, 0.29) is 22.8 Å². The number of amides is 2. The zero-order chi connectivity index (χ0) is 25.8. The van der Waals surface area contributed by atoms with Crippen molar-refractivity contribution in [2.45, 2.75) is 20.4 Å². The molecule has 1 N–H and O–H groups in total. The van der Waals surface area contributed by atoms with Crippen molar-refractivity contribution in [3.05, 3.63) is 95.4 Å². The van der Waals surface area contributed by atoms with Crippen LogP contribution in [0.15, 0.2) is 66.9 Å². The van der Waals surface area contributed by atoms with Crippen molar-refractivity contribution in [3.8, 4) is 5.75 Å². The van der Waals surface area contributed by atoms with Crippen LogP contribution in [0, 0.1) is 17.5 Å². The molecule has 4 rings (SSSR count). The molecule has 0 spiro atoms. The summed E-state index contributed by atoms with van der Waals surface area (Å²) in [6.07, 6.45) is 1.14. The van der Waals surface area contributed by atoms with Gasteiger partial charge >= 0.3 is 6.09 Å². The number of ether oxygens (including phenoxy) is 1. The van der Waals surface area contributed by atoms with Gasteiger partial charge in [0.2, 0.25) is 0 Å². The summed E-state index contributed by atoms with van der Waals surface area (Å²) in [5.41, 5.74) is 1.17. The first-order valence-electron chi connectivity index (χ1n) is 11.4. The van der Waals surface area contributed by atoms with Crippen LogP contribution in [0.5, 0.6) is 5.75 Å². The maximum atomic E-state index is 14.3. The van der Waals surface area contributed by atoms with Crippen LogP contribution in [-0.2, 0) is 6.54 Å². The molecule has 0 saturated carbocycles. The lowest BCUT2D eigenvalue weighted by atomic mass is 10.1. The van der Waals surface area contributed by atoms with Crippen molar-refractivity contribution in [1.29, 1.82) is 0 Å². The summed E-state index contributed by atoms with van der Waals surface area (Å²) < 4.78 is 48.7. The van der Waals surface area contributed by atoms with Gasteiger partial charge in [-0.1, -0.05) is 12.1 Å². The van der Waals surface area contributed by atoms with Crippen LogP contribution < -0.4 is 10.1 Å². The SMILES string of the molecule is CCN(CC)C(=O)Oc1ccc2c(ccn2Cc2cccc(F)c2)c1NC(=O)c1ccc(F)cc1F. The van der Waals surface area contributed by atoms with E-state index in [1.807, 2.05) is 4.57 Å². The Morgan fingerprint density at radius 3 is 2.39 bits per heavy atom. The predicted octanol–water partition coefficient (Wildman–Crippen LogP) is 6.20. The number of carbonyl (C=O) groups excluding carboxylic acids is 2. The molecule has 0 aliphatic rings. The number of halogens is 3. The second-order valence-electron chi connectivity index (χ2n) is 8.06. The maximum Gasteiger partial charge on any atom is 0.415 e. The van der Waals surface area contributed by atoms with Gasteiger partial charge in [-0.3, -0.25) is 4.79 Å². The van der Waals surface area contributed by atoms with Gasteiger partial charge < -0.3 is 19.5 Å². The second kappa shape index (κ2) is 10.6. The Hall–Kier alpha value is -4.27. The van der Waals surface area contributed by atoms with Gasteiger partial charge in [-0.15, -0.1) is 0 Å². The van der Waals surface area contributed by atoms with Crippen LogP contribution in [0.25, 0.3) is 10.9 Å². The number of hydrogen-bond donors (Lipinski definition) is 1. The van der Waals surface area contributed by atoms with Gasteiger partial charge in [-0.05, 0) is 61.9 Å². The first-order chi connectivity index (χ1) is 17.3. The Labute approximate surface area is 205 Å². The quantitative estimate of drug-likeness (QED) is 0.332. The number of aromatic nitrogens is 1. The van der Waals surface area contributed by atoms with Crippen LogP contribution >= 0.6 is 0 Å². The summed E-state index contributed by atoms with van der Waals surface area (Å²) in [6.45, 7) is 4.80. The Kier molecular flexibility index (Phi) is 7.28. The Bertz CT molecular complexity index is 1430. The lowest BCUT2D eigenvalue weighted by Gasteiger charge is -2.20. The van der Waals surface area contributed by atoms with Crippen LogP contribution in [0.3, 0.4) is 0 Å². The van der Waals surface area contributed by atoms with E-state index in [1.165, 1.54) is 23.1 Å². The summed E-state index contributed by atoms with van der Waals surface area (Å²) >= 11 is 0. The largest absolute Gasteiger partial charge is 0.415 e. The summed E-state index contributed by atoms with van der Waals surface area (Å²) in [4.78, 5) is 27.0. The normalized spacial score (nSPS) is 10.9. The van der Waals surface area contributed by atoms with Crippen molar-refractivity contribution in [1.82, 2.24) is 9.47 Å². The number of nitrogens with zero attached hydrogens (tertiary/aromatic N) is 2. The Morgan fingerprint density at radius 1 is 0.944 bits per heavy atom. The average Bonchev–Trinajstić information content (AvgIpc) is 3.24. The number of anilines is 1. The average molecular weight is 496 g/mol. The zero-order valence-electron chi connectivity index (χ0n) is 19.7. The molecule has 0 atom stereocenters. The third kappa shape index (κ3) is 5.19. The number of hydrogen-bond acceptors (Lipinski definition) is 3. The summed E-state index contributed by atoms with van der Waals surface area (Å²) in [7, 11) is 0. The van der Waals surface area contributed by atoms with E-state index in [0.29, 0.717) is 36.6 Å². The lowest BCUT2D eigenvalue weighted by Crippen LogP contribution is -2.33. The van der Waals surface area contributed by atoms with Gasteiger partial charge in [0.25, 0.3) is 5.91 Å². The first kappa shape index (κ1) is 24.8. The second-order valence-corrected chi connectivity index (χ2v) is 8.06. The molecule has 0 saturated heterocycles. The molecule has 9 heteroatoms. The molecule has 0 unspecified atom stereocenters. The van der Waals surface area contributed by atoms with Gasteiger partial charge in [-0.25, -0.2) is 18.0 Å². The maximum absolute atomic E-state index is 14.3. The fourth-order valence-electron chi connectivity index (χ4n) is 3.93. The highest BCUT2D eigenvalue weighted by atomic mass is 19.1. The highest BCUT2D eigenvalue weighted by Crippen LogP contribution is 2.35. The molecule has 4 aromatic rings. The molecule has 0 aliphatic carbocycles. The highest BCUT2D eigenvalue weighted by molar-refractivity contribution is 6.10. The molecule has 1 heterocycles. The predicted molar refractivity (Wildman–Crippen MR) is 131 cm³/mol. The molecule has 186 valence electrons. The minimum Gasteiger partial charge on any atom is -0.408 e. The number of nitrogens with one attached hydrogen (secondary N) is 1. The molecular weight excluding hydrogens is 471 g/mol. The standard InChI is InChI=1S/C27H24F3N3O3/c1-3-32(4-2)27(35)36-24-11-10-23-21(12-13-33(23)16-17-6-5-7-18(28)14-17)25(24)31-26(34)20-9-8-19(29)15-22(20)30/h5-15H,3-4,16H2,1-2H3,(H,31,34). The van der Waals surface area contributed by atoms with E-state index >= 15 is 0 Å². The number of rotatable bonds is 7. The third-order valence-electron chi connectivity index (χ3n) is 5.79. The number of benzene rings is 3. The van der Waals surface area contributed by atoms with E-state index in [2.05, 4.69) is 5.32 Å². The van der Waals surface area contributed by atoms with Gasteiger partial charge in [0.05, 0.1) is 16.8 Å². The smallest absolute Gasteiger partial charge is 0.408 e. The van der Waals surface area contributed by atoms with Gasteiger partial charge in [-0.2, -0.15) is 0 Å². The number of fused-ring (bicyclic) bond motifs is 1. The molecule has 2 amide bonds. The van der Waals surface area contributed by atoms with Gasteiger partial charge in [0, 0.05) is 37.3 Å². The Balaban J connectivity index is 1.75. The molecular formula is C27H24F3N3O3. The van der Waals surface area contributed by atoms with E-state index in [1.54, 1.807) is 44.3 Å². The molecule has 6 nitrogen and oxygen atoms in total. The summed E-state index contributed by atoms with van der Waals surface area (Å²) in [5.74, 6) is -2.96. The number of carbonyl (C=O) groups is 2. The topological polar surface area (TPSA) is 63.6 Å². The fourth-order valence-corrected chi connectivity index (χ4v) is 3.93. The fraction of sp³-hybridized carbons (Fsp3) is 0.185. The monoisotopic (exact) mass is 495 g/mol. The van der Waals surface area contributed by atoms with Crippen molar-refractivity contribution >= 4 is 28.6 Å². The van der Waals surface area contributed by atoms with Gasteiger partial charge in [0.15, 0.2) is 5.75 Å². The van der Waals surface area contributed by atoms with E-state index in [9.17, 15) is 22.8 Å². The van der Waals surface area contributed by atoms with Crippen molar-refractivity contribution in [2.75, 3.05) is 18.4 Å². The van der Waals surface area contributed by atoms with Crippen LogP contribution in [0.2, 0.25) is 0 Å². The zero-order valence-corrected chi connectivity index (χ0v) is 19.7. The minimum atomic E-state index is -1.02. The molecule has 0 bridgehead atoms. The minimum absolute atomic E-state index is 0.0683. The summed E-state index contributed by atoms with van der Waals surface area (Å²) in [6, 6.07) is 13.8. The van der Waals surface area contributed by atoms with Crippen molar-refractivity contribution in [2.24, 2.45) is 0 Å². The van der Waals surface area contributed by atoms with Crippen LogP contribution in [0.1, 0.15) is 29.8 Å². The molecule has 3 aromatic carbocycles. The lowest BCUT2D eigenvalue weighted by molar-refractivity contribution is 0.102. The van der Waals surface area contributed by atoms with Gasteiger partial charge in [0.1, 0.15) is 17.5 Å². The molecule has 0 radical (unpaired) electrons. The molecule has 0 aliphatic heterocycles. The van der Waals surface area contributed by atoms with Crippen molar-refractivity contribution < 1.29 is 27.5 Å². The first-order valence-corrected chi connectivity index (χ1v) is 11.4. The molecule has 0 fully saturated rings. The Morgan fingerprint density at radius 2 is 1.69 bits per heavy atom. The van der Waals surface area contributed by atoms with E-state index in [0.717, 1.165) is 17.7 Å². The highest BCUT2D eigenvalue weighted by Gasteiger charge is 2.21. The van der Waals surface area contributed by atoms with Crippen LogP contribution in [-0.4, -0.2) is 34.6 Å². The molecule has 1 aromatic heterocycles. The van der Waals surface area contributed by atoms with Crippen LogP contribution in [0.4, 0.5) is 23.7 Å². The van der Waals surface area contributed by atoms with Crippen molar-refractivity contribution in [3.63, 3.8) is 0 Å². The van der Waals surface area contributed by atoms with E-state index in [4.69, 9.17) is 4.74 Å².